The predicted molar refractivity (Wildman–Crippen MR) is 118 cm³/mol. The van der Waals surface area contributed by atoms with Crippen molar-refractivity contribution in [1.29, 1.82) is 0 Å². The SMILES string of the molecule is Cc1ccccc1[C@@H]1[C@@H]2CN(C(=O)c3ccc(-n4cnnc4)cc3)C[C@@H]2CN1C.Cl. The molecular formula is C23H26ClN5O. The van der Waals surface area contributed by atoms with Crippen LogP contribution < -0.4 is 0 Å². The molecule has 2 aliphatic rings. The Hall–Kier alpha value is -2.70. The summed E-state index contributed by atoms with van der Waals surface area (Å²) < 4.78 is 1.83. The van der Waals surface area contributed by atoms with Crippen molar-refractivity contribution in [3.8, 4) is 5.69 Å². The van der Waals surface area contributed by atoms with Crippen LogP contribution in [0.4, 0.5) is 0 Å². The molecule has 0 unspecified atom stereocenters. The van der Waals surface area contributed by atoms with Gasteiger partial charge in [0.05, 0.1) is 0 Å². The maximum Gasteiger partial charge on any atom is 0.253 e. The van der Waals surface area contributed by atoms with Gasteiger partial charge in [0.2, 0.25) is 0 Å². The van der Waals surface area contributed by atoms with Crippen LogP contribution in [-0.2, 0) is 0 Å². The van der Waals surface area contributed by atoms with Gasteiger partial charge in [0.1, 0.15) is 12.7 Å². The van der Waals surface area contributed by atoms with Crippen molar-refractivity contribution in [1.82, 2.24) is 24.6 Å². The molecule has 0 aliphatic carbocycles. The summed E-state index contributed by atoms with van der Waals surface area (Å²) in [4.78, 5) is 17.7. The molecule has 30 heavy (non-hydrogen) atoms. The van der Waals surface area contributed by atoms with Crippen molar-refractivity contribution < 1.29 is 4.79 Å². The molecule has 0 radical (unpaired) electrons. The van der Waals surface area contributed by atoms with E-state index in [0.717, 1.165) is 30.9 Å². The standard InChI is InChI=1S/C23H25N5O.ClH/c1-16-5-3-4-6-20(16)22-21-13-27(12-18(21)11-26(22)2)23(29)17-7-9-19(10-8-17)28-14-24-25-15-28;/h3-10,14-15,18,21-22H,11-13H2,1-2H3;1H/t18-,21+,22+;/m0./s1. The van der Waals surface area contributed by atoms with Gasteiger partial charge in [-0.05, 0) is 55.3 Å². The number of benzene rings is 2. The van der Waals surface area contributed by atoms with Crippen molar-refractivity contribution in [2.75, 3.05) is 26.7 Å². The third-order valence-electron chi connectivity index (χ3n) is 6.52. The van der Waals surface area contributed by atoms with E-state index in [0.29, 0.717) is 17.9 Å². The molecule has 2 fully saturated rings. The second-order valence-corrected chi connectivity index (χ2v) is 8.29. The number of aromatic nitrogens is 3. The zero-order chi connectivity index (χ0) is 20.0. The molecule has 7 heteroatoms. The van der Waals surface area contributed by atoms with E-state index < -0.39 is 0 Å². The van der Waals surface area contributed by atoms with Crippen LogP contribution in [0, 0.1) is 18.8 Å². The fourth-order valence-corrected chi connectivity index (χ4v) is 5.10. The number of amides is 1. The summed E-state index contributed by atoms with van der Waals surface area (Å²) in [5, 5.41) is 7.66. The van der Waals surface area contributed by atoms with E-state index in [2.05, 4.69) is 53.3 Å². The average molecular weight is 424 g/mol. The molecule has 6 nitrogen and oxygen atoms in total. The number of likely N-dealkylation sites (tertiary alicyclic amines) is 2. The van der Waals surface area contributed by atoms with Crippen LogP contribution in [0.25, 0.3) is 5.69 Å². The van der Waals surface area contributed by atoms with E-state index in [4.69, 9.17) is 0 Å². The van der Waals surface area contributed by atoms with Gasteiger partial charge < -0.3 is 4.90 Å². The Kier molecular flexibility index (Phi) is 5.62. The summed E-state index contributed by atoms with van der Waals surface area (Å²) in [6.45, 7) is 4.88. The smallest absolute Gasteiger partial charge is 0.253 e. The lowest BCUT2D eigenvalue weighted by Gasteiger charge is -2.28. The zero-order valence-corrected chi connectivity index (χ0v) is 18.0. The number of hydrogen-bond donors (Lipinski definition) is 0. The molecule has 5 rings (SSSR count). The zero-order valence-electron chi connectivity index (χ0n) is 17.2. The Bertz CT molecular complexity index is 1020. The lowest BCUT2D eigenvalue weighted by molar-refractivity contribution is 0.0768. The van der Waals surface area contributed by atoms with Crippen LogP contribution in [-0.4, -0.2) is 57.2 Å². The Morgan fingerprint density at radius 2 is 1.67 bits per heavy atom. The first-order valence-corrected chi connectivity index (χ1v) is 10.1. The number of nitrogens with zero attached hydrogens (tertiary/aromatic N) is 5. The number of fused-ring (bicyclic) bond motifs is 1. The van der Waals surface area contributed by atoms with E-state index in [-0.39, 0.29) is 18.3 Å². The van der Waals surface area contributed by atoms with Crippen LogP contribution in [0.5, 0.6) is 0 Å². The summed E-state index contributed by atoms with van der Waals surface area (Å²) in [5.41, 5.74) is 4.42. The Morgan fingerprint density at radius 1 is 0.967 bits per heavy atom. The normalized spacial score (nSPS) is 23.3. The van der Waals surface area contributed by atoms with E-state index in [1.807, 2.05) is 33.7 Å². The highest BCUT2D eigenvalue weighted by Gasteiger charge is 2.47. The van der Waals surface area contributed by atoms with E-state index >= 15 is 0 Å². The highest BCUT2D eigenvalue weighted by atomic mass is 35.5. The highest BCUT2D eigenvalue weighted by molar-refractivity contribution is 5.94. The van der Waals surface area contributed by atoms with Crippen LogP contribution in [0.2, 0.25) is 0 Å². The molecule has 0 saturated carbocycles. The molecule has 2 saturated heterocycles. The molecule has 0 bridgehead atoms. The highest BCUT2D eigenvalue weighted by Crippen LogP contribution is 2.45. The first-order chi connectivity index (χ1) is 14.1. The summed E-state index contributed by atoms with van der Waals surface area (Å²) in [5.74, 6) is 1.15. The van der Waals surface area contributed by atoms with Crippen molar-refractivity contribution in [3.05, 3.63) is 77.9 Å². The first-order valence-electron chi connectivity index (χ1n) is 10.1. The van der Waals surface area contributed by atoms with Crippen molar-refractivity contribution in [2.45, 2.75) is 13.0 Å². The molecule has 0 N–H and O–H groups in total. The minimum atomic E-state index is 0. The van der Waals surface area contributed by atoms with Crippen LogP contribution in [0.15, 0.2) is 61.2 Å². The van der Waals surface area contributed by atoms with E-state index in [1.54, 1.807) is 12.7 Å². The van der Waals surface area contributed by atoms with Gasteiger partial charge in [0.25, 0.3) is 5.91 Å². The number of halogens is 1. The van der Waals surface area contributed by atoms with Gasteiger partial charge in [-0.15, -0.1) is 22.6 Å². The van der Waals surface area contributed by atoms with E-state index in [1.165, 1.54) is 11.1 Å². The Morgan fingerprint density at radius 3 is 2.37 bits per heavy atom. The van der Waals surface area contributed by atoms with Gasteiger partial charge in [0, 0.05) is 42.8 Å². The molecule has 3 aromatic rings. The van der Waals surface area contributed by atoms with Gasteiger partial charge in [0.15, 0.2) is 0 Å². The average Bonchev–Trinajstić information content (AvgIpc) is 3.45. The molecule has 156 valence electrons. The molecule has 3 heterocycles. The lowest BCUT2D eigenvalue weighted by atomic mass is 9.88. The monoisotopic (exact) mass is 423 g/mol. The topological polar surface area (TPSA) is 54.3 Å². The van der Waals surface area contributed by atoms with Crippen molar-refractivity contribution in [3.63, 3.8) is 0 Å². The maximum atomic E-state index is 13.1. The summed E-state index contributed by atoms with van der Waals surface area (Å²) in [6, 6.07) is 16.7. The third-order valence-corrected chi connectivity index (χ3v) is 6.52. The van der Waals surface area contributed by atoms with Crippen molar-refractivity contribution in [2.24, 2.45) is 11.8 Å². The minimum absolute atomic E-state index is 0. The number of carbonyl (C=O) groups is 1. The second-order valence-electron chi connectivity index (χ2n) is 8.29. The van der Waals surface area contributed by atoms with Gasteiger partial charge in [-0.2, -0.15) is 0 Å². The molecule has 1 amide bonds. The molecule has 1 aromatic heterocycles. The number of aryl methyl sites for hydroxylation is 1. The van der Waals surface area contributed by atoms with Gasteiger partial charge >= 0.3 is 0 Å². The van der Waals surface area contributed by atoms with Gasteiger partial charge in [-0.1, -0.05) is 24.3 Å². The quantitative estimate of drug-likeness (QED) is 0.648. The number of rotatable bonds is 3. The van der Waals surface area contributed by atoms with Crippen LogP contribution in [0.3, 0.4) is 0 Å². The molecule has 2 aromatic carbocycles. The Balaban J connectivity index is 0.00000218. The second kappa shape index (κ2) is 8.20. The maximum absolute atomic E-state index is 13.1. The number of carbonyl (C=O) groups excluding carboxylic acids is 1. The summed E-state index contributed by atoms with van der Waals surface area (Å²) >= 11 is 0. The fourth-order valence-electron chi connectivity index (χ4n) is 5.10. The molecule has 0 spiro atoms. The lowest BCUT2D eigenvalue weighted by Crippen LogP contribution is -2.33. The summed E-state index contributed by atoms with van der Waals surface area (Å²) in [7, 11) is 2.21. The summed E-state index contributed by atoms with van der Waals surface area (Å²) in [6.07, 6.45) is 3.31. The van der Waals surface area contributed by atoms with Crippen LogP contribution >= 0.6 is 12.4 Å². The molecule has 2 aliphatic heterocycles. The van der Waals surface area contributed by atoms with Gasteiger partial charge in [-0.25, -0.2) is 0 Å². The number of hydrogen-bond acceptors (Lipinski definition) is 4. The van der Waals surface area contributed by atoms with Crippen LogP contribution in [0.1, 0.15) is 27.5 Å². The fraction of sp³-hybridized carbons (Fsp3) is 0.348. The molecular weight excluding hydrogens is 398 g/mol. The third kappa shape index (κ3) is 3.50. The van der Waals surface area contributed by atoms with E-state index in [9.17, 15) is 4.79 Å². The van der Waals surface area contributed by atoms with Crippen molar-refractivity contribution >= 4 is 18.3 Å². The van der Waals surface area contributed by atoms with Gasteiger partial charge in [-0.3, -0.25) is 14.3 Å². The largest absolute Gasteiger partial charge is 0.338 e. The Labute approximate surface area is 182 Å². The predicted octanol–water partition coefficient (Wildman–Crippen LogP) is 3.37. The minimum Gasteiger partial charge on any atom is -0.338 e. The molecule has 3 atom stereocenters. The first kappa shape index (κ1) is 20.6.